The second-order valence-electron chi connectivity index (χ2n) is 5.16. The first-order valence-corrected chi connectivity index (χ1v) is 8.59. The number of nitrogens with one attached hydrogen (secondary N) is 1. The molecular formula is C16H16N2NaO6P. The number of hydrogen-bond acceptors (Lipinski definition) is 3. The van der Waals surface area contributed by atoms with Crippen molar-refractivity contribution < 1.29 is 58.4 Å². The molecule has 1 fully saturated rings. The Morgan fingerprint density at radius 3 is 1.50 bits per heavy atom. The van der Waals surface area contributed by atoms with Crippen LogP contribution in [0.4, 0.5) is 4.79 Å². The fraction of sp³-hybridized carbons (Fsp3) is 0.0625. The van der Waals surface area contributed by atoms with E-state index >= 15 is 0 Å². The van der Waals surface area contributed by atoms with E-state index in [-0.39, 0.29) is 35.5 Å². The van der Waals surface area contributed by atoms with Crippen molar-refractivity contribution in [3.05, 3.63) is 78.8 Å². The molecule has 3 rings (SSSR count). The number of carbonyl (C=O) groups is 2. The third-order valence-electron chi connectivity index (χ3n) is 3.52. The Kier molecular flexibility index (Phi) is 7.73. The molecular weight excluding hydrogens is 370 g/mol. The van der Waals surface area contributed by atoms with E-state index in [4.69, 9.17) is 19.2 Å². The van der Waals surface area contributed by atoms with E-state index in [0.717, 1.165) is 16.0 Å². The van der Waals surface area contributed by atoms with E-state index in [9.17, 15) is 9.59 Å². The number of nitrogens with zero attached hydrogens (tertiary/aromatic N) is 1. The van der Waals surface area contributed by atoms with Crippen molar-refractivity contribution >= 4 is 19.8 Å². The van der Waals surface area contributed by atoms with Crippen LogP contribution in [0.3, 0.4) is 0 Å². The van der Waals surface area contributed by atoms with Crippen molar-refractivity contribution in [1.82, 2.24) is 10.2 Å². The summed E-state index contributed by atoms with van der Waals surface area (Å²) < 4.78 is 8.88. The minimum absolute atomic E-state index is 0. The number of rotatable bonds is 2. The Hall–Kier alpha value is -1.51. The summed E-state index contributed by atoms with van der Waals surface area (Å²) in [7, 11) is -1.12. The molecule has 26 heavy (non-hydrogen) atoms. The van der Waals surface area contributed by atoms with Crippen LogP contribution in [0.2, 0.25) is 0 Å². The summed E-state index contributed by atoms with van der Waals surface area (Å²) in [4.78, 5) is 46.9. The number of amides is 3. The van der Waals surface area contributed by atoms with Crippen molar-refractivity contribution in [2.45, 2.75) is 5.54 Å². The van der Waals surface area contributed by atoms with Gasteiger partial charge in [-0.25, -0.2) is 11.6 Å². The van der Waals surface area contributed by atoms with Crippen LogP contribution in [-0.4, -0.2) is 31.5 Å². The maximum atomic E-state index is 12.6. The fourth-order valence-electron chi connectivity index (χ4n) is 2.51. The Bertz CT molecular complexity index is 764. The zero-order valence-electron chi connectivity index (χ0n) is 13.9. The number of urea groups is 1. The number of imide groups is 1. The van der Waals surface area contributed by atoms with Crippen LogP contribution >= 0.6 is 7.82 Å². The number of hydrogen-bond donors (Lipinski definition) is 4. The van der Waals surface area contributed by atoms with Crippen LogP contribution in [0, 0.1) is 7.05 Å². The Morgan fingerprint density at radius 2 is 1.23 bits per heavy atom. The van der Waals surface area contributed by atoms with Gasteiger partial charge >= 0.3 is 37.4 Å². The maximum Gasteiger partial charge on any atom is 1.00 e. The molecule has 0 aliphatic carbocycles. The van der Waals surface area contributed by atoms with Gasteiger partial charge in [0.2, 0.25) is 5.91 Å². The van der Waals surface area contributed by atoms with Crippen molar-refractivity contribution in [3.63, 3.8) is 0 Å². The molecule has 132 valence electrons. The topological polar surface area (TPSA) is 127 Å². The van der Waals surface area contributed by atoms with E-state index in [1.807, 2.05) is 60.7 Å². The standard InChI is InChI=1S/C16H13N2O2.Na.H3O4P/c1-18-14(19)16(17-15(18)20,12-8-4-2-5-9-12)13-10-6-3-7-11-13;;1-5(2,3)4/h2-11H,1H2,(H,17,20);;(H3,1,2,3,4)/q-1;+1;. The van der Waals surface area contributed by atoms with E-state index in [2.05, 4.69) is 12.4 Å². The van der Waals surface area contributed by atoms with Crippen LogP contribution in [-0.2, 0) is 14.9 Å². The largest absolute Gasteiger partial charge is 1.00 e. The summed E-state index contributed by atoms with van der Waals surface area (Å²) in [5.41, 5.74) is 0.243. The molecule has 8 nitrogen and oxygen atoms in total. The van der Waals surface area contributed by atoms with Gasteiger partial charge in [0.1, 0.15) is 0 Å². The summed E-state index contributed by atoms with van der Waals surface area (Å²) in [6.45, 7) is 0. The van der Waals surface area contributed by atoms with E-state index in [1.54, 1.807) is 0 Å². The van der Waals surface area contributed by atoms with Crippen molar-refractivity contribution in [1.29, 1.82) is 0 Å². The van der Waals surface area contributed by atoms with Gasteiger partial charge in [0, 0.05) is 0 Å². The Balaban J connectivity index is 0.000000501. The molecule has 4 N–H and O–H groups in total. The average Bonchev–Trinajstić information content (AvgIpc) is 2.80. The van der Waals surface area contributed by atoms with Gasteiger partial charge in [0.15, 0.2) is 5.54 Å². The van der Waals surface area contributed by atoms with Gasteiger partial charge < -0.3 is 24.9 Å². The maximum absolute atomic E-state index is 12.6. The second kappa shape index (κ2) is 8.92. The van der Waals surface area contributed by atoms with Gasteiger partial charge in [-0.3, -0.25) is 9.59 Å². The van der Waals surface area contributed by atoms with Crippen LogP contribution in [0.1, 0.15) is 11.1 Å². The molecule has 0 spiro atoms. The molecule has 2 aromatic rings. The average molecular weight is 386 g/mol. The number of carbonyl (C=O) groups excluding carboxylic acids is 2. The molecule has 0 atom stereocenters. The summed E-state index contributed by atoms with van der Waals surface area (Å²) >= 11 is 0. The molecule has 1 saturated heterocycles. The normalized spacial score (nSPS) is 15.5. The predicted molar refractivity (Wildman–Crippen MR) is 88.7 cm³/mol. The van der Waals surface area contributed by atoms with Gasteiger partial charge in [0.05, 0.1) is 0 Å². The molecule has 3 amide bonds. The third kappa shape index (κ3) is 5.02. The summed E-state index contributed by atoms with van der Waals surface area (Å²) in [6.07, 6.45) is 0. The molecule has 0 radical (unpaired) electrons. The quantitative estimate of drug-likeness (QED) is 0.212. The molecule has 0 aromatic heterocycles. The van der Waals surface area contributed by atoms with Crippen molar-refractivity contribution in [2.75, 3.05) is 0 Å². The van der Waals surface area contributed by atoms with Crippen LogP contribution in [0.15, 0.2) is 60.7 Å². The predicted octanol–water partition coefficient (Wildman–Crippen LogP) is -1.65. The zero-order valence-corrected chi connectivity index (χ0v) is 16.8. The van der Waals surface area contributed by atoms with E-state index in [1.165, 1.54) is 0 Å². The first-order chi connectivity index (χ1) is 11.7. The van der Waals surface area contributed by atoms with E-state index < -0.39 is 19.4 Å². The number of benzene rings is 2. The summed E-state index contributed by atoms with van der Waals surface area (Å²) in [6, 6.07) is 17.9. The van der Waals surface area contributed by atoms with Crippen LogP contribution in [0.25, 0.3) is 0 Å². The monoisotopic (exact) mass is 386 g/mol. The molecule has 0 saturated carbocycles. The van der Waals surface area contributed by atoms with Gasteiger partial charge in [-0.15, -0.1) is 0 Å². The molecule has 0 bridgehead atoms. The fourth-order valence-corrected chi connectivity index (χ4v) is 2.51. The molecule has 1 aliphatic heterocycles. The van der Waals surface area contributed by atoms with Crippen molar-refractivity contribution in [3.8, 4) is 0 Å². The second-order valence-corrected chi connectivity index (χ2v) is 6.19. The zero-order chi connectivity index (χ0) is 18.7. The van der Waals surface area contributed by atoms with E-state index in [0.29, 0.717) is 0 Å². The van der Waals surface area contributed by atoms with Crippen molar-refractivity contribution in [2.24, 2.45) is 0 Å². The smallest absolute Gasteiger partial charge is 0.417 e. The minimum Gasteiger partial charge on any atom is -0.417 e. The van der Waals surface area contributed by atoms with Gasteiger partial charge in [-0.2, -0.15) is 0 Å². The molecule has 1 heterocycles. The molecule has 2 aromatic carbocycles. The minimum atomic E-state index is -4.64. The first kappa shape index (κ1) is 22.5. The first-order valence-electron chi connectivity index (χ1n) is 7.03. The van der Waals surface area contributed by atoms with Gasteiger partial charge in [0.25, 0.3) is 6.03 Å². The summed E-state index contributed by atoms with van der Waals surface area (Å²) in [5.74, 6) is -0.375. The van der Waals surface area contributed by atoms with Crippen LogP contribution in [0.5, 0.6) is 0 Å². The third-order valence-corrected chi connectivity index (χ3v) is 3.52. The SMILES string of the molecule is O=P(O)(O)O.[CH2-]N1C(=O)NC(c2ccccc2)(c2ccccc2)C1=O.[Na+]. The van der Waals surface area contributed by atoms with Gasteiger partial charge in [-0.1, -0.05) is 60.7 Å². The Morgan fingerprint density at radius 1 is 0.885 bits per heavy atom. The molecule has 10 heteroatoms. The molecule has 0 unspecified atom stereocenters. The van der Waals surface area contributed by atoms with Crippen LogP contribution < -0.4 is 34.9 Å². The molecule has 1 aliphatic rings. The van der Waals surface area contributed by atoms with Gasteiger partial charge in [-0.05, 0) is 11.1 Å². The summed E-state index contributed by atoms with van der Waals surface area (Å²) in [5, 5.41) is 2.77. The Labute approximate surface area is 172 Å². The number of phosphoric acid groups is 1.